The first-order valence-electron chi connectivity index (χ1n) is 7.12. The Labute approximate surface area is 130 Å². The van der Waals surface area contributed by atoms with Crippen molar-refractivity contribution in [2.45, 2.75) is 5.75 Å². The van der Waals surface area contributed by atoms with E-state index in [1.165, 1.54) is 0 Å². The SMILES string of the molecule is COCCNCCNS(=O)(=O)Cc1cccc2cccnc12. The molecule has 0 aliphatic carbocycles. The van der Waals surface area contributed by atoms with Gasteiger partial charge in [0.15, 0.2) is 0 Å². The molecule has 0 bridgehead atoms. The fourth-order valence-corrected chi connectivity index (χ4v) is 3.29. The lowest BCUT2D eigenvalue weighted by molar-refractivity contribution is 0.199. The van der Waals surface area contributed by atoms with Crippen LogP contribution >= 0.6 is 0 Å². The smallest absolute Gasteiger partial charge is 0.215 e. The molecular formula is C15H21N3O3S. The molecule has 120 valence electrons. The van der Waals surface area contributed by atoms with Crippen LogP contribution < -0.4 is 10.0 Å². The number of hydrogen-bond acceptors (Lipinski definition) is 5. The molecule has 0 aliphatic heterocycles. The van der Waals surface area contributed by atoms with Crippen LogP contribution in [0.1, 0.15) is 5.56 Å². The molecule has 2 N–H and O–H groups in total. The average Bonchev–Trinajstić information content (AvgIpc) is 2.51. The lowest BCUT2D eigenvalue weighted by Crippen LogP contribution is -2.33. The molecule has 0 spiro atoms. The number of para-hydroxylation sites is 1. The highest BCUT2D eigenvalue weighted by Gasteiger charge is 2.13. The maximum absolute atomic E-state index is 12.1. The minimum Gasteiger partial charge on any atom is -0.383 e. The Morgan fingerprint density at radius 1 is 1.14 bits per heavy atom. The van der Waals surface area contributed by atoms with E-state index in [9.17, 15) is 8.42 Å². The third-order valence-electron chi connectivity index (χ3n) is 3.17. The van der Waals surface area contributed by atoms with Gasteiger partial charge in [0.25, 0.3) is 0 Å². The van der Waals surface area contributed by atoms with Crippen LogP contribution in [0.4, 0.5) is 0 Å². The lowest BCUT2D eigenvalue weighted by Gasteiger charge is -2.09. The van der Waals surface area contributed by atoms with Gasteiger partial charge in [-0.25, -0.2) is 13.1 Å². The van der Waals surface area contributed by atoms with E-state index in [1.807, 2.05) is 24.3 Å². The number of benzene rings is 1. The van der Waals surface area contributed by atoms with Crippen molar-refractivity contribution in [1.82, 2.24) is 15.0 Å². The summed E-state index contributed by atoms with van der Waals surface area (Å²) in [6.07, 6.45) is 1.67. The summed E-state index contributed by atoms with van der Waals surface area (Å²) in [5, 5.41) is 4.03. The maximum atomic E-state index is 12.1. The third-order valence-corrected chi connectivity index (χ3v) is 4.50. The molecule has 0 aliphatic rings. The molecule has 22 heavy (non-hydrogen) atoms. The zero-order valence-corrected chi connectivity index (χ0v) is 13.4. The number of aromatic nitrogens is 1. The Balaban J connectivity index is 1.93. The van der Waals surface area contributed by atoms with Gasteiger partial charge < -0.3 is 10.1 Å². The van der Waals surface area contributed by atoms with Gasteiger partial charge >= 0.3 is 0 Å². The first-order valence-corrected chi connectivity index (χ1v) is 8.77. The maximum Gasteiger partial charge on any atom is 0.215 e. The molecule has 0 radical (unpaired) electrons. The fraction of sp³-hybridized carbons (Fsp3) is 0.400. The Morgan fingerprint density at radius 2 is 1.95 bits per heavy atom. The van der Waals surface area contributed by atoms with Crippen LogP contribution in [0.5, 0.6) is 0 Å². The second-order valence-electron chi connectivity index (χ2n) is 4.89. The predicted octanol–water partition coefficient (Wildman–Crippen LogP) is 0.890. The number of fused-ring (bicyclic) bond motifs is 1. The van der Waals surface area contributed by atoms with Crippen LogP contribution in [0, 0.1) is 0 Å². The molecule has 1 aromatic heterocycles. The van der Waals surface area contributed by atoms with Crippen molar-refractivity contribution in [3.05, 3.63) is 42.1 Å². The lowest BCUT2D eigenvalue weighted by atomic mass is 10.1. The summed E-state index contributed by atoms with van der Waals surface area (Å²) < 4.78 is 31.8. The second kappa shape index (κ2) is 8.19. The number of nitrogens with zero attached hydrogens (tertiary/aromatic N) is 1. The normalized spacial score (nSPS) is 11.9. The van der Waals surface area contributed by atoms with Crippen molar-refractivity contribution in [2.24, 2.45) is 0 Å². The highest BCUT2D eigenvalue weighted by atomic mass is 32.2. The summed E-state index contributed by atoms with van der Waals surface area (Å²) in [7, 11) is -1.75. The second-order valence-corrected chi connectivity index (χ2v) is 6.70. The highest BCUT2D eigenvalue weighted by Crippen LogP contribution is 2.17. The van der Waals surface area contributed by atoms with Gasteiger partial charge in [0, 0.05) is 38.3 Å². The topological polar surface area (TPSA) is 80.3 Å². The van der Waals surface area contributed by atoms with Crippen LogP contribution in [0.2, 0.25) is 0 Å². The molecule has 0 saturated heterocycles. The Bertz CT molecular complexity index is 699. The van der Waals surface area contributed by atoms with Crippen molar-refractivity contribution < 1.29 is 13.2 Å². The molecule has 0 saturated carbocycles. The summed E-state index contributed by atoms with van der Waals surface area (Å²) in [5.74, 6) is -0.0700. The van der Waals surface area contributed by atoms with Gasteiger partial charge in [-0.3, -0.25) is 4.98 Å². The van der Waals surface area contributed by atoms with Gasteiger partial charge in [-0.15, -0.1) is 0 Å². The van der Waals surface area contributed by atoms with Crippen molar-refractivity contribution >= 4 is 20.9 Å². The van der Waals surface area contributed by atoms with Crippen LogP contribution in [-0.2, 0) is 20.5 Å². The summed E-state index contributed by atoms with van der Waals surface area (Å²) in [5.41, 5.74) is 1.44. The standard InChI is InChI=1S/C15H21N3O3S/c1-21-11-10-16-8-9-18-22(19,20)12-14-5-2-4-13-6-3-7-17-15(13)14/h2-7,16,18H,8-12H2,1H3. The minimum atomic E-state index is -3.38. The van der Waals surface area contributed by atoms with E-state index in [0.29, 0.717) is 31.8 Å². The van der Waals surface area contributed by atoms with Crippen LogP contribution in [0.15, 0.2) is 36.5 Å². The first kappa shape index (κ1) is 16.8. The van der Waals surface area contributed by atoms with E-state index < -0.39 is 10.0 Å². The van der Waals surface area contributed by atoms with E-state index in [1.54, 1.807) is 19.4 Å². The predicted molar refractivity (Wildman–Crippen MR) is 87.1 cm³/mol. The van der Waals surface area contributed by atoms with E-state index in [-0.39, 0.29) is 5.75 Å². The zero-order valence-electron chi connectivity index (χ0n) is 12.6. The monoisotopic (exact) mass is 323 g/mol. The van der Waals surface area contributed by atoms with E-state index in [0.717, 1.165) is 10.9 Å². The van der Waals surface area contributed by atoms with Crippen molar-refractivity contribution in [3.63, 3.8) is 0 Å². The Hall–Kier alpha value is -1.54. The highest BCUT2D eigenvalue weighted by molar-refractivity contribution is 7.88. The molecule has 1 aromatic carbocycles. The largest absolute Gasteiger partial charge is 0.383 e. The Kier molecular flexibility index (Phi) is 6.26. The van der Waals surface area contributed by atoms with Gasteiger partial charge in [0.1, 0.15) is 0 Å². The van der Waals surface area contributed by atoms with Gasteiger partial charge in [-0.05, 0) is 11.6 Å². The minimum absolute atomic E-state index is 0.0700. The number of methoxy groups -OCH3 is 1. The van der Waals surface area contributed by atoms with Crippen molar-refractivity contribution in [2.75, 3.05) is 33.4 Å². The Morgan fingerprint density at radius 3 is 2.77 bits per heavy atom. The molecule has 1 heterocycles. The number of rotatable bonds is 9. The molecule has 0 unspecified atom stereocenters. The van der Waals surface area contributed by atoms with Gasteiger partial charge in [-0.1, -0.05) is 24.3 Å². The summed E-state index contributed by atoms with van der Waals surface area (Å²) in [6, 6.07) is 9.33. The summed E-state index contributed by atoms with van der Waals surface area (Å²) in [6.45, 7) is 2.22. The zero-order chi connectivity index (χ0) is 15.8. The van der Waals surface area contributed by atoms with E-state index in [2.05, 4.69) is 15.0 Å². The van der Waals surface area contributed by atoms with E-state index >= 15 is 0 Å². The molecular weight excluding hydrogens is 302 g/mol. The van der Waals surface area contributed by atoms with Crippen molar-refractivity contribution in [1.29, 1.82) is 0 Å². The molecule has 0 atom stereocenters. The molecule has 0 amide bonds. The van der Waals surface area contributed by atoms with Gasteiger partial charge in [0.05, 0.1) is 17.9 Å². The average molecular weight is 323 g/mol. The van der Waals surface area contributed by atoms with Crippen LogP contribution in [0.25, 0.3) is 10.9 Å². The van der Waals surface area contributed by atoms with Crippen LogP contribution in [0.3, 0.4) is 0 Å². The first-order chi connectivity index (χ1) is 10.6. The summed E-state index contributed by atoms with van der Waals surface area (Å²) in [4.78, 5) is 4.28. The quantitative estimate of drug-likeness (QED) is 0.670. The number of pyridine rings is 1. The molecule has 6 nitrogen and oxygen atoms in total. The van der Waals surface area contributed by atoms with Crippen LogP contribution in [-0.4, -0.2) is 46.8 Å². The number of sulfonamides is 1. The molecule has 2 rings (SSSR count). The number of nitrogens with one attached hydrogen (secondary N) is 2. The fourth-order valence-electron chi connectivity index (χ4n) is 2.13. The third kappa shape index (κ3) is 5.03. The van der Waals surface area contributed by atoms with E-state index in [4.69, 9.17) is 4.74 Å². The van der Waals surface area contributed by atoms with Gasteiger partial charge in [-0.2, -0.15) is 0 Å². The number of hydrogen-bond donors (Lipinski definition) is 2. The van der Waals surface area contributed by atoms with Crippen molar-refractivity contribution in [3.8, 4) is 0 Å². The molecule has 2 aromatic rings. The molecule has 7 heteroatoms. The van der Waals surface area contributed by atoms with Gasteiger partial charge in [0.2, 0.25) is 10.0 Å². The molecule has 0 fully saturated rings. The summed E-state index contributed by atoms with van der Waals surface area (Å²) >= 11 is 0. The number of ether oxygens (including phenoxy) is 1.